The van der Waals surface area contributed by atoms with Crippen molar-refractivity contribution in [1.29, 1.82) is 0 Å². The Hall–Kier alpha value is -1.22. The Kier molecular flexibility index (Phi) is 3.77. The van der Waals surface area contributed by atoms with E-state index in [0.29, 0.717) is 6.04 Å². The third-order valence-corrected chi connectivity index (χ3v) is 3.75. The van der Waals surface area contributed by atoms with Gasteiger partial charge in [0.25, 0.3) is 0 Å². The fourth-order valence-corrected chi connectivity index (χ4v) is 2.67. The highest BCUT2D eigenvalue weighted by molar-refractivity contribution is 5.52. The number of rotatable bonds is 2. The first-order valence-corrected chi connectivity index (χ1v) is 6.93. The Balaban J connectivity index is 2.62. The summed E-state index contributed by atoms with van der Waals surface area (Å²) in [6.07, 6.45) is 1.22. The zero-order valence-electron chi connectivity index (χ0n) is 12.8. The van der Waals surface area contributed by atoms with Crippen molar-refractivity contribution in [3.05, 3.63) is 23.3 Å². The minimum absolute atomic E-state index is 0.0357. The standard InChI is InChI=1S/C16H25NO2/c1-10-7-14(17-5)12-8-11(18-6)9-13(15(12)19-10)16(2,3)4/h8-10,14,17H,7H2,1-6H3. The Morgan fingerprint density at radius 3 is 2.53 bits per heavy atom. The van der Waals surface area contributed by atoms with Crippen molar-refractivity contribution in [3.63, 3.8) is 0 Å². The van der Waals surface area contributed by atoms with Crippen molar-refractivity contribution in [2.75, 3.05) is 14.2 Å². The van der Waals surface area contributed by atoms with Crippen molar-refractivity contribution in [2.45, 2.75) is 51.7 Å². The number of nitrogens with one attached hydrogen (secondary N) is 1. The summed E-state index contributed by atoms with van der Waals surface area (Å²) < 4.78 is 11.6. The molecule has 2 rings (SSSR count). The lowest BCUT2D eigenvalue weighted by Crippen LogP contribution is -2.31. The molecule has 0 aliphatic carbocycles. The molecule has 3 heteroatoms. The topological polar surface area (TPSA) is 30.5 Å². The van der Waals surface area contributed by atoms with Gasteiger partial charge in [-0.15, -0.1) is 0 Å². The zero-order chi connectivity index (χ0) is 14.2. The number of hydrogen-bond donors (Lipinski definition) is 1. The summed E-state index contributed by atoms with van der Waals surface area (Å²) in [7, 11) is 3.72. The average Bonchev–Trinajstić information content (AvgIpc) is 2.35. The third kappa shape index (κ3) is 2.71. The van der Waals surface area contributed by atoms with E-state index < -0.39 is 0 Å². The highest BCUT2D eigenvalue weighted by atomic mass is 16.5. The molecule has 1 heterocycles. The lowest BCUT2D eigenvalue weighted by atomic mass is 9.82. The Bertz CT molecular complexity index is 463. The van der Waals surface area contributed by atoms with E-state index >= 15 is 0 Å². The van der Waals surface area contributed by atoms with Crippen LogP contribution in [0.3, 0.4) is 0 Å². The number of benzene rings is 1. The predicted octanol–water partition coefficient (Wildman–Crippen LogP) is 3.42. The second-order valence-electron chi connectivity index (χ2n) is 6.35. The Morgan fingerprint density at radius 1 is 1.32 bits per heavy atom. The first-order valence-electron chi connectivity index (χ1n) is 6.93. The highest BCUT2D eigenvalue weighted by Crippen LogP contribution is 2.44. The van der Waals surface area contributed by atoms with Gasteiger partial charge in [-0.05, 0) is 31.5 Å². The van der Waals surface area contributed by atoms with Gasteiger partial charge in [0.2, 0.25) is 0 Å². The van der Waals surface area contributed by atoms with E-state index in [4.69, 9.17) is 9.47 Å². The molecule has 0 radical (unpaired) electrons. The fourth-order valence-electron chi connectivity index (χ4n) is 2.67. The summed E-state index contributed by atoms with van der Waals surface area (Å²) in [5, 5.41) is 3.38. The molecule has 0 spiro atoms. The van der Waals surface area contributed by atoms with Gasteiger partial charge >= 0.3 is 0 Å². The maximum absolute atomic E-state index is 6.13. The molecule has 0 bridgehead atoms. The first kappa shape index (κ1) is 14.2. The summed E-state index contributed by atoms with van der Waals surface area (Å²) in [4.78, 5) is 0. The van der Waals surface area contributed by atoms with Crippen LogP contribution in [0.25, 0.3) is 0 Å². The van der Waals surface area contributed by atoms with Crippen LogP contribution in [0.2, 0.25) is 0 Å². The number of hydrogen-bond acceptors (Lipinski definition) is 3. The van der Waals surface area contributed by atoms with E-state index in [1.165, 1.54) is 11.1 Å². The Labute approximate surface area is 116 Å². The van der Waals surface area contributed by atoms with Crippen LogP contribution in [-0.4, -0.2) is 20.3 Å². The second kappa shape index (κ2) is 5.04. The molecular weight excluding hydrogens is 238 g/mol. The maximum atomic E-state index is 6.13. The second-order valence-corrected chi connectivity index (χ2v) is 6.35. The van der Waals surface area contributed by atoms with Crippen molar-refractivity contribution < 1.29 is 9.47 Å². The summed E-state index contributed by atoms with van der Waals surface area (Å²) in [5.74, 6) is 1.94. The van der Waals surface area contributed by atoms with Gasteiger partial charge in [-0.1, -0.05) is 20.8 Å². The summed E-state index contributed by atoms with van der Waals surface area (Å²) in [5.41, 5.74) is 2.46. The molecule has 19 heavy (non-hydrogen) atoms. The quantitative estimate of drug-likeness (QED) is 0.887. The molecule has 0 aromatic heterocycles. The zero-order valence-corrected chi connectivity index (χ0v) is 12.8. The van der Waals surface area contributed by atoms with Gasteiger partial charge in [0.05, 0.1) is 13.2 Å². The van der Waals surface area contributed by atoms with Crippen LogP contribution in [0.1, 0.15) is 51.3 Å². The molecule has 2 unspecified atom stereocenters. The number of methoxy groups -OCH3 is 1. The van der Waals surface area contributed by atoms with Gasteiger partial charge in [0.1, 0.15) is 11.5 Å². The predicted molar refractivity (Wildman–Crippen MR) is 78.2 cm³/mol. The van der Waals surface area contributed by atoms with Crippen molar-refractivity contribution in [3.8, 4) is 11.5 Å². The number of fused-ring (bicyclic) bond motifs is 1. The van der Waals surface area contributed by atoms with E-state index in [9.17, 15) is 0 Å². The number of ether oxygens (including phenoxy) is 2. The van der Waals surface area contributed by atoms with E-state index in [0.717, 1.165) is 17.9 Å². The van der Waals surface area contributed by atoms with Crippen LogP contribution >= 0.6 is 0 Å². The van der Waals surface area contributed by atoms with Gasteiger partial charge in [-0.25, -0.2) is 0 Å². The molecule has 0 fully saturated rings. The summed E-state index contributed by atoms with van der Waals surface area (Å²) in [6.45, 7) is 8.75. The molecule has 2 atom stereocenters. The van der Waals surface area contributed by atoms with Crippen molar-refractivity contribution in [1.82, 2.24) is 5.32 Å². The van der Waals surface area contributed by atoms with Crippen LogP contribution in [0.4, 0.5) is 0 Å². The SMILES string of the molecule is CNC1CC(C)Oc2c1cc(OC)cc2C(C)(C)C. The largest absolute Gasteiger partial charge is 0.497 e. The molecule has 1 aromatic carbocycles. The molecule has 0 saturated carbocycles. The first-order chi connectivity index (χ1) is 8.86. The fraction of sp³-hybridized carbons (Fsp3) is 0.625. The lowest BCUT2D eigenvalue weighted by molar-refractivity contribution is 0.164. The highest BCUT2D eigenvalue weighted by Gasteiger charge is 2.31. The molecule has 1 aromatic rings. The van der Waals surface area contributed by atoms with Crippen molar-refractivity contribution in [2.24, 2.45) is 0 Å². The van der Waals surface area contributed by atoms with Crippen LogP contribution in [0.15, 0.2) is 12.1 Å². The third-order valence-electron chi connectivity index (χ3n) is 3.75. The molecular formula is C16H25NO2. The molecule has 1 aliphatic heterocycles. The molecule has 106 valence electrons. The molecule has 0 amide bonds. The van der Waals surface area contributed by atoms with Crippen LogP contribution in [-0.2, 0) is 5.41 Å². The van der Waals surface area contributed by atoms with E-state index in [-0.39, 0.29) is 11.5 Å². The summed E-state index contributed by atoms with van der Waals surface area (Å²) >= 11 is 0. The smallest absolute Gasteiger partial charge is 0.128 e. The van der Waals surface area contributed by atoms with Gasteiger partial charge in [-0.3, -0.25) is 0 Å². The van der Waals surface area contributed by atoms with Crippen LogP contribution in [0.5, 0.6) is 11.5 Å². The molecule has 3 nitrogen and oxygen atoms in total. The lowest BCUT2D eigenvalue weighted by Gasteiger charge is -2.35. The normalized spacial score (nSPS) is 22.6. The van der Waals surface area contributed by atoms with Crippen LogP contribution < -0.4 is 14.8 Å². The van der Waals surface area contributed by atoms with E-state index in [1.54, 1.807) is 7.11 Å². The van der Waals surface area contributed by atoms with Crippen molar-refractivity contribution >= 4 is 0 Å². The van der Waals surface area contributed by atoms with Gasteiger partial charge in [0, 0.05) is 23.6 Å². The molecule has 0 saturated heterocycles. The molecule has 1 N–H and O–H groups in total. The Morgan fingerprint density at radius 2 is 2.00 bits per heavy atom. The monoisotopic (exact) mass is 263 g/mol. The van der Waals surface area contributed by atoms with Crippen LogP contribution in [0, 0.1) is 0 Å². The minimum atomic E-state index is 0.0357. The summed E-state index contributed by atoms with van der Waals surface area (Å²) in [6, 6.07) is 4.52. The van der Waals surface area contributed by atoms with Gasteiger partial charge in [0.15, 0.2) is 0 Å². The maximum Gasteiger partial charge on any atom is 0.128 e. The average molecular weight is 263 g/mol. The molecule has 1 aliphatic rings. The van der Waals surface area contributed by atoms with E-state index in [1.807, 2.05) is 7.05 Å². The van der Waals surface area contributed by atoms with Gasteiger partial charge in [-0.2, -0.15) is 0 Å². The minimum Gasteiger partial charge on any atom is -0.497 e. The van der Waals surface area contributed by atoms with Gasteiger partial charge < -0.3 is 14.8 Å². The van der Waals surface area contributed by atoms with E-state index in [2.05, 4.69) is 45.1 Å².